The molecule has 1 aromatic heterocycles. The van der Waals surface area contributed by atoms with E-state index in [1.54, 1.807) is 13.2 Å². The summed E-state index contributed by atoms with van der Waals surface area (Å²) in [5.41, 5.74) is 1.89. The second-order valence-corrected chi connectivity index (χ2v) is 4.43. The lowest BCUT2D eigenvalue weighted by Gasteiger charge is -2.01. The van der Waals surface area contributed by atoms with Crippen LogP contribution in [0.4, 0.5) is 0 Å². The maximum Gasteiger partial charge on any atom is 0.200 e. The average Bonchev–Trinajstić information content (AvgIpc) is 2.81. The summed E-state index contributed by atoms with van der Waals surface area (Å²) in [5.74, 6) is 0.363. The summed E-state index contributed by atoms with van der Waals surface area (Å²) in [6, 6.07) is 7.65. The molecular formula is C15H18O4. The first kappa shape index (κ1) is 13.8. The molecule has 0 aliphatic rings. The summed E-state index contributed by atoms with van der Waals surface area (Å²) in [7, 11) is 1.62. The van der Waals surface area contributed by atoms with Crippen LogP contribution in [0.5, 0.6) is 0 Å². The molecule has 4 nitrogen and oxygen atoms in total. The number of hydrogen-bond donors (Lipinski definition) is 0. The molecule has 0 saturated carbocycles. The second-order valence-electron chi connectivity index (χ2n) is 4.43. The summed E-state index contributed by atoms with van der Waals surface area (Å²) in [5, 5.41) is 0.962. The van der Waals surface area contributed by atoms with E-state index in [1.165, 1.54) is 0 Å². The van der Waals surface area contributed by atoms with Crippen molar-refractivity contribution in [3.63, 3.8) is 0 Å². The van der Waals surface area contributed by atoms with Crippen molar-refractivity contribution in [1.29, 1.82) is 0 Å². The van der Waals surface area contributed by atoms with Crippen LogP contribution in [0.15, 0.2) is 28.7 Å². The number of methoxy groups -OCH3 is 1. The van der Waals surface area contributed by atoms with Crippen molar-refractivity contribution >= 4 is 16.8 Å². The van der Waals surface area contributed by atoms with Gasteiger partial charge in [0.25, 0.3) is 0 Å². The Bertz CT molecular complexity index is 556. The zero-order valence-corrected chi connectivity index (χ0v) is 11.3. The molecule has 1 heterocycles. The molecule has 0 atom stereocenters. The van der Waals surface area contributed by atoms with Crippen molar-refractivity contribution < 1.29 is 18.7 Å². The highest BCUT2D eigenvalue weighted by Crippen LogP contribution is 2.21. The quantitative estimate of drug-likeness (QED) is 0.568. The SMILES string of the molecule is COCCOCCC(=O)c1cc2cc(C)ccc2o1. The zero-order chi connectivity index (χ0) is 13.7. The van der Waals surface area contributed by atoms with E-state index in [9.17, 15) is 4.79 Å². The van der Waals surface area contributed by atoms with E-state index >= 15 is 0 Å². The number of ether oxygens (including phenoxy) is 2. The highest BCUT2D eigenvalue weighted by molar-refractivity contribution is 5.97. The third-order valence-electron chi connectivity index (χ3n) is 2.85. The van der Waals surface area contributed by atoms with E-state index in [2.05, 4.69) is 0 Å². The maximum atomic E-state index is 11.9. The van der Waals surface area contributed by atoms with Gasteiger partial charge in [0.1, 0.15) is 5.58 Å². The molecule has 1 aromatic carbocycles. The van der Waals surface area contributed by atoms with Crippen LogP contribution >= 0.6 is 0 Å². The van der Waals surface area contributed by atoms with Crippen LogP contribution in [-0.2, 0) is 9.47 Å². The monoisotopic (exact) mass is 262 g/mol. The standard InChI is InChI=1S/C15H18O4/c1-11-3-4-14-12(9-11)10-15(19-14)13(16)5-6-18-8-7-17-2/h3-4,9-10H,5-8H2,1-2H3. The first-order valence-corrected chi connectivity index (χ1v) is 6.31. The highest BCUT2D eigenvalue weighted by atomic mass is 16.5. The minimum Gasteiger partial charge on any atom is -0.453 e. The third kappa shape index (κ3) is 3.66. The van der Waals surface area contributed by atoms with Gasteiger partial charge in [0, 0.05) is 18.9 Å². The predicted octanol–water partition coefficient (Wildman–Crippen LogP) is 2.98. The molecule has 0 unspecified atom stereocenters. The highest BCUT2D eigenvalue weighted by Gasteiger charge is 2.12. The number of aryl methyl sites for hydroxylation is 1. The lowest BCUT2D eigenvalue weighted by molar-refractivity contribution is 0.0632. The van der Waals surface area contributed by atoms with Crippen molar-refractivity contribution in [2.45, 2.75) is 13.3 Å². The Hall–Kier alpha value is -1.65. The van der Waals surface area contributed by atoms with Crippen molar-refractivity contribution in [3.8, 4) is 0 Å². The molecule has 0 aliphatic carbocycles. The molecule has 0 amide bonds. The molecule has 0 bridgehead atoms. The van der Waals surface area contributed by atoms with E-state index in [1.807, 2.05) is 25.1 Å². The first-order valence-electron chi connectivity index (χ1n) is 6.31. The fourth-order valence-electron chi connectivity index (χ4n) is 1.83. The summed E-state index contributed by atoms with van der Waals surface area (Å²) in [4.78, 5) is 11.9. The number of carbonyl (C=O) groups is 1. The summed E-state index contributed by atoms with van der Waals surface area (Å²) in [6.45, 7) is 3.44. The van der Waals surface area contributed by atoms with Gasteiger partial charge in [-0.1, -0.05) is 11.6 Å². The molecule has 2 rings (SSSR count). The van der Waals surface area contributed by atoms with E-state index in [4.69, 9.17) is 13.9 Å². The number of carbonyl (C=O) groups excluding carboxylic acids is 1. The fraction of sp³-hybridized carbons (Fsp3) is 0.400. The smallest absolute Gasteiger partial charge is 0.200 e. The molecule has 0 saturated heterocycles. The van der Waals surface area contributed by atoms with Crippen molar-refractivity contribution in [2.75, 3.05) is 26.9 Å². The van der Waals surface area contributed by atoms with Crippen LogP contribution in [0.2, 0.25) is 0 Å². The molecule has 0 aliphatic heterocycles. The molecule has 0 spiro atoms. The van der Waals surface area contributed by atoms with Gasteiger partial charge in [0.2, 0.25) is 0 Å². The lowest BCUT2D eigenvalue weighted by atomic mass is 10.1. The molecule has 102 valence electrons. The molecule has 0 fully saturated rings. The van der Waals surface area contributed by atoms with Crippen molar-refractivity contribution in [2.24, 2.45) is 0 Å². The van der Waals surface area contributed by atoms with Crippen LogP contribution in [-0.4, -0.2) is 32.7 Å². The average molecular weight is 262 g/mol. The van der Waals surface area contributed by atoms with Crippen molar-refractivity contribution in [3.05, 3.63) is 35.6 Å². The van der Waals surface area contributed by atoms with E-state index in [0.29, 0.717) is 32.0 Å². The summed E-state index contributed by atoms with van der Waals surface area (Å²) >= 11 is 0. The van der Waals surface area contributed by atoms with Crippen LogP contribution in [0.3, 0.4) is 0 Å². The molecule has 0 N–H and O–H groups in total. The Morgan fingerprint density at radius 2 is 2.05 bits per heavy atom. The Kier molecular flexibility index (Phi) is 4.71. The number of rotatable bonds is 7. The second kappa shape index (κ2) is 6.50. The van der Waals surface area contributed by atoms with Gasteiger partial charge in [-0.05, 0) is 25.1 Å². The summed E-state index contributed by atoms with van der Waals surface area (Å²) < 4.78 is 15.7. The third-order valence-corrected chi connectivity index (χ3v) is 2.85. The number of benzene rings is 1. The largest absolute Gasteiger partial charge is 0.453 e. The Labute approximate surface area is 112 Å². The van der Waals surface area contributed by atoms with E-state index in [0.717, 1.165) is 16.5 Å². The lowest BCUT2D eigenvalue weighted by Crippen LogP contribution is -2.07. The van der Waals surface area contributed by atoms with Gasteiger partial charge in [-0.3, -0.25) is 4.79 Å². The van der Waals surface area contributed by atoms with Gasteiger partial charge < -0.3 is 13.9 Å². The van der Waals surface area contributed by atoms with Crippen LogP contribution in [0.1, 0.15) is 22.5 Å². The van der Waals surface area contributed by atoms with Crippen LogP contribution in [0, 0.1) is 6.92 Å². The number of ketones is 1. The van der Waals surface area contributed by atoms with Gasteiger partial charge in [0.15, 0.2) is 11.5 Å². The zero-order valence-electron chi connectivity index (χ0n) is 11.3. The van der Waals surface area contributed by atoms with Crippen LogP contribution < -0.4 is 0 Å². The number of fused-ring (bicyclic) bond motifs is 1. The molecular weight excluding hydrogens is 244 g/mol. The number of hydrogen-bond acceptors (Lipinski definition) is 4. The fourth-order valence-corrected chi connectivity index (χ4v) is 1.83. The molecule has 4 heteroatoms. The Morgan fingerprint density at radius 3 is 2.84 bits per heavy atom. The first-order chi connectivity index (χ1) is 9.20. The van der Waals surface area contributed by atoms with E-state index in [-0.39, 0.29) is 5.78 Å². The van der Waals surface area contributed by atoms with Gasteiger partial charge in [-0.25, -0.2) is 0 Å². The van der Waals surface area contributed by atoms with Gasteiger partial charge >= 0.3 is 0 Å². The normalized spacial score (nSPS) is 11.1. The van der Waals surface area contributed by atoms with E-state index < -0.39 is 0 Å². The van der Waals surface area contributed by atoms with Crippen molar-refractivity contribution in [1.82, 2.24) is 0 Å². The number of furan rings is 1. The van der Waals surface area contributed by atoms with Gasteiger partial charge in [-0.2, -0.15) is 0 Å². The molecule has 2 aromatic rings. The minimum absolute atomic E-state index is 0.0359. The maximum absolute atomic E-state index is 11.9. The minimum atomic E-state index is -0.0359. The predicted molar refractivity (Wildman–Crippen MR) is 72.6 cm³/mol. The molecule has 0 radical (unpaired) electrons. The topological polar surface area (TPSA) is 48.7 Å². The summed E-state index contributed by atoms with van der Waals surface area (Å²) in [6.07, 6.45) is 0.322. The Balaban J connectivity index is 1.94. The molecule has 19 heavy (non-hydrogen) atoms. The van der Waals surface area contributed by atoms with Gasteiger partial charge in [0.05, 0.1) is 19.8 Å². The van der Waals surface area contributed by atoms with Crippen LogP contribution in [0.25, 0.3) is 11.0 Å². The number of Topliss-reactive ketones (excluding diaryl/α,β-unsaturated/α-hetero) is 1. The van der Waals surface area contributed by atoms with Gasteiger partial charge in [-0.15, -0.1) is 0 Å². The Morgan fingerprint density at radius 1 is 1.21 bits per heavy atom.